The molecule has 6 heteroatoms. The standard InChI is InChI=1S/C29H30N4O2/c34-28(25-9-5-2-6-10-25)22-33(21-24-7-3-1-4-8-24)18-15-23-11-13-26(14-12-23)32-29(35)19-27-20-30-16-17-31-27/h1-14,16-17,20,28,34H,15,18-19,21-22H2,(H,32,35)/t28-/m0/s1. The predicted octanol–water partition coefficient (Wildman–Crippen LogP) is 4.44. The molecule has 0 aliphatic heterocycles. The SMILES string of the molecule is O=C(Cc1cnccn1)Nc1ccc(CCN(Cc2ccccc2)C[C@H](O)c2ccccc2)cc1. The molecular weight excluding hydrogens is 436 g/mol. The van der Waals surface area contributed by atoms with E-state index in [2.05, 4.69) is 32.3 Å². The van der Waals surface area contributed by atoms with Crippen molar-refractivity contribution < 1.29 is 9.90 Å². The average Bonchev–Trinajstić information content (AvgIpc) is 2.90. The quantitative estimate of drug-likeness (QED) is 0.342. The number of carbonyl (C=O) groups excluding carboxylic acids is 1. The molecular formula is C29H30N4O2. The van der Waals surface area contributed by atoms with Crippen molar-refractivity contribution in [3.63, 3.8) is 0 Å². The lowest BCUT2D eigenvalue weighted by Gasteiger charge is -2.25. The molecule has 0 spiro atoms. The molecule has 4 aromatic rings. The van der Waals surface area contributed by atoms with Gasteiger partial charge in [0.1, 0.15) is 0 Å². The number of carbonyl (C=O) groups is 1. The molecule has 3 aromatic carbocycles. The van der Waals surface area contributed by atoms with Crippen LogP contribution < -0.4 is 5.32 Å². The molecule has 0 aliphatic carbocycles. The highest BCUT2D eigenvalue weighted by Crippen LogP contribution is 2.17. The van der Waals surface area contributed by atoms with Gasteiger partial charge in [0.15, 0.2) is 0 Å². The second-order valence-corrected chi connectivity index (χ2v) is 8.52. The van der Waals surface area contributed by atoms with E-state index in [-0.39, 0.29) is 12.3 Å². The van der Waals surface area contributed by atoms with E-state index in [0.29, 0.717) is 12.2 Å². The number of nitrogens with zero attached hydrogens (tertiary/aromatic N) is 3. The van der Waals surface area contributed by atoms with Gasteiger partial charge in [0.05, 0.1) is 18.2 Å². The van der Waals surface area contributed by atoms with Gasteiger partial charge in [-0.25, -0.2) is 0 Å². The lowest BCUT2D eigenvalue weighted by atomic mass is 10.1. The Morgan fingerprint density at radius 3 is 2.29 bits per heavy atom. The van der Waals surface area contributed by atoms with Gasteiger partial charge in [-0.1, -0.05) is 72.8 Å². The number of hydrogen-bond donors (Lipinski definition) is 2. The van der Waals surface area contributed by atoms with Gasteiger partial charge >= 0.3 is 0 Å². The van der Waals surface area contributed by atoms with Crippen LogP contribution in [0.1, 0.15) is 28.5 Å². The fraction of sp³-hybridized carbons (Fsp3) is 0.207. The van der Waals surface area contributed by atoms with Crippen LogP contribution in [0.3, 0.4) is 0 Å². The number of hydrogen-bond acceptors (Lipinski definition) is 5. The lowest BCUT2D eigenvalue weighted by Crippen LogP contribution is -2.30. The smallest absolute Gasteiger partial charge is 0.230 e. The molecule has 0 fully saturated rings. The number of amides is 1. The Labute approximate surface area is 206 Å². The summed E-state index contributed by atoms with van der Waals surface area (Å²) < 4.78 is 0. The van der Waals surface area contributed by atoms with E-state index in [4.69, 9.17) is 0 Å². The van der Waals surface area contributed by atoms with Crippen molar-refractivity contribution in [3.8, 4) is 0 Å². The Morgan fingerprint density at radius 2 is 1.60 bits per heavy atom. The van der Waals surface area contributed by atoms with Gasteiger partial charge in [-0.2, -0.15) is 0 Å². The summed E-state index contributed by atoms with van der Waals surface area (Å²) in [7, 11) is 0. The first kappa shape index (κ1) is 24.3. The zero-order chi connectivity index (χ0) is 24.3. The summed E-state index contributed by atoms with van der Waals surface area (Å²) >= 11 is 0. The van der Waals surface area contributed by atoms with Crippen LogP contribution in [0.4, 0.5) is 5.69 Å². The highest BCUT2D eigenvalue weighted by molar-refractivity contribution is 5.91. The minimum atomic E-state index is -0.549. The van der Waals surface area contributed by atoms with Crippen LogP contribution in [0.2, 0.25) is 0 Å². The molecule has 178 valence electrons. The Morgan fingerprint density at radius 1 is 0.886 bits per heavy atom. The van der Waals surface area contributed by atoms with E-state index < -0.39 is 6.10 Å². The van der Waals surface area contributed by atoms with Crippen LogP contribution in [-0.2, 0) is 24.2 Å². The zero-order valence-corrected chi connectivity index (χ0v) is 19.6. The largest absolute Gasteiger partial charge is 0.387 e. The molecule has 6 nitrogen and oxygen atoms in total. The van der Waals surface area contributed by atoms with Gasteiger partial charge < -0.3 is 10.4 Å². The Kier molecular flexibility index (Phi) is 8.70. The van der Waals surface area contributed by atoms with E-state index in [0.717, 1.165) is 30.8 Å². The summed E-state index contributed by atoms with van der Waals surface area (Å²) in [5.41, 5.74) is 4.70. The molecule has 0 saturated carbocycles. The Bertz CT molecular complexity index is 1170. The topological polar surface area (TPSA) is 78.4 Å². The molecule has 0 unspecified atom stereocenters. The number of anilines is 1. The van der Waals surface area contributed by atoms with Gasteiger partial charge in [-0.05, 0) is 35.2 Å². The van der Waals surface area contributed by atoms with E-state index in [1.54, 1.807) is 18.6 Å². The fourth-order valence-electron chi connectivity index (χ4n) is 3.93. The second-order valence-electron chi connectivity index (χ2n) is 8.52. The zero-order valence-electron chi connectivity index (χ0n) is 19.6. The average molecular weight is 467 g/mol. The molecule has 0 aliphatic rings. The molecule has 0 radical (unpaired) electrons. The summed E-state index contributed by atoms with van der Waals surface area (Å²) in [5, 5.41) is 13.7. The van der Waals surface area contributed by atoms with Crippen molar-refractivity contribution in [2.45, 2.75) is 25.5 Å². The number of aliphatic hydroxyl groups is 1. The van der Waals surface area contributed by atoms with E-state index >= 15 is 0 Å². The molecule has 0 bridgehead atoms. The first-order valence-electron chi connectivity index (χ1n) is 11.8. The van der Waals surface area contributed by atoms with Gasteiger partial charge in [-0.15, -0.1) is 0 Å². The van der Waals surface area contributed by atoms with Gasteiger partial charge in [0, 0.05) is 43.9 Å². The third kappa shape index (κ3) is 7.84. The van der Waals surface area contributed by atoms with Crippen molar-refractivity contribution in [2.24, 2.45) is 0 Å². The summed E-state index contributed by atoms with van der Waals surface area (Å²) in [4.78, 5) is 22.7. The minimum absolute atomic E-state index is 0.123. The molecule has 2 N–H and O–H groups in total. The number of aliphatic hydroxyl groups excluding tert-OH is 1. The fourth-order valence-corrected chi connectivity index (χ4v) is 3.93. The maximum Gasteiger partial charge on any atom is 0.230 e. The van der Waals surface area contributed by atoms with Crippen LogP contribution >= 0.6 is 0 Å². The van der Waals surface area contributed by atoms with Crippen LogP contribution in [0, 0.1) is 0 Å². The number of benzene rings is 3. The number of rotatable bonds is 11. The molecule has 1 atom stereocenters. The molecule has 0 saturated heterocycles. The van der Waals surface area contributed by atoms with Crippen molar-refractivity contribution in [1.29, 1.82) is 0 Å². The Balaban J connectivity index is 1.34. The lowest BCUT2D eigenvalue weighted by molar-refractivity contribution is -0.115. The minimum Gasteiger partial charge on any atom is -0.387 e. The molecule has 1 heterocycles. The third-order valence-electron chi connectivity index (χ3n) is 5.78. The van der Waals surface area contributed by atoms with Crippen LogP contribution in [0.25, 0.3) is 0 Å². The molecule has 35 heavy (non-hydrogen) atoms. The number of nitrogens with one attached hydrogen (secondary N) is 1. The maximum atomic E-state index is 12.3. The third-order valence-corrected chi connectivity index (χ3v) is 5.78. The van der Waals surface area contributed by atoms with E-state index in [9.17, 15) is 9.90 Å². The number of aromatic nitrogens is 2. The first-order chi connectivity index (χ1) is 17.2. The first-order valence-corrected chi connectivity index (χ1v) is 11.8. The van der Waals surface area contributed by atoms with Crippen LogP contribution in [0.15, 0.2) is 104 Å². The summed E-state index contributed by atoms with van der Waals surface area (Å²) in [6.07, 6.45) is 5.24. The van der Waals surface area contributed by atoms with Crippen LogP contribution in [0.5, 0.6) is 0 Å². The second kappa shape index (κ2) is 12.6. The van der Waals surface area contributed by atoms with Crippen molar-refractivity contribution >= 4 is 11.6 Å². The Hall–Kier alpha value is -3.87. The maximum absolute atomic E-state index is 12.3. The normalized spacial score (nSPS) is 11.8. The van der Waals surface area contributed by atoms with Crippen LogP contribution in [-0.4, -0.2) is 39.0 Å². The summed E-state index contributed by atoms with van der Waals surface area (Å²) in [6.45, 7) is 2.12. The van der Waals surface area contributed by atoms with Crippen molar-refractivity contribution in [2.75, 3.05) is 18.4 Å². The monoisotopic (exact) mass is 466 g/mol. The summed E-state index contributed by atoms with van der Waals surface area (Å²) in [6, 6.07) is 28.0. The van der Waals surface area contributed by atoms with Crippen molar-refractivity contribution in [1.82, 2.24) is 14.9 Å². The molecule has 1 aromatic heterocycles. The summed E-state index contributed by atoms with van der Waals surface area (Å²) in [5.74, 6) is -0.123. The molecule has 4 rings (SSSR count). The van der Waals surface area contributed by atoms with Crippen molar-refractivity contribution in [3.05, 3.63) is 126 Å². The molecule has 1 amide bonds. The highest BCUT2D eigenvalue weighted by Gasteiger charge is 2.14. The van der Waals surface area contributed by atoms with Gasteiger partial charge in [-0.3, -0.25) is 19.7 Å². The van der Waals surface area contributed by atoms with E-state index in [1.807, 2.05) is 72.8 Å². The van der Waals surface area contributed by atoms with Gasteiger partial charge in [0.25, 0.3) is 0 Å². The van der Waals surface area contributed by atoms with Gasteiger partial charge in [0.2, 0.25) is 5.91 Å². The van der Waals surface area contributed by atoms with E-state index in [1.165, 1.54) is 11.1 Å². The predicted molar refractivity (Wildman–Crippen MR) is 138 cm³/mol. The highest BCUT2D eigenvalue weighted by atomic mass is 16.3.